The van der Waals surface area contributed by atoms with Crippen LogP contribution < -0.4 is 14.8 Å². The average molecular weight is 571 g/mol. The summed E-state index contributed by atoms with van der Waals surface area (Å²) in [4.78, 5) is 28.6. The zero-order chi connectivity index (χ0) is 29.6. The molecule has 1 saturated heterocycles. The topological polar surface area (TPSA) is 88.1 Å². The molecule has 2 N–H and O–H groups in total. The summed E-state index contributed by atoms with van der Waals surface area (Å²) in [5, 5.41) is 13.8. The van der Waals surface area contributed by atoms with Crippen LogP contribution in [-0.2, 0) is 28.9 Å². The van der Waals surface area contributed by atoms with Gasteiger partial charge in [-0.2, -0.15) is 0 Å². The molecule has 0 aliphatic carbocycles. The van der Waals surface area contributed by atoms with Gasteiger partial charge in [0.25, 0.3) is 0 Å². The Balaban J connectivity index is 1.48. The Morgan fingerprint density at radius 2 is 1.57 bits per heavy atom. The van der Waals surface area contributed by atoms with Crippen LogP contribution in [0.2, 0.25) is 0 Å². The SMILES string of the molecule is CCCCc1ccc([C@H]2C(C(=O)O)[C@@H](c3ccc4c(c3)OCCO4)CN2CC(=O)Nc2c(CC)cccc2CC)cc1. The molecule has 0 aromatic heterocycles. The number of hydrogen-bond acceptors (Lipinski definition) is 5. The summed E-state index contributed by atoms with van der Waals surface area (Å²) in [6.07, 6.45) is 4.84. The summed E-state index contributed by atoms with van der Waals surface area (Å²) in [5.41, 5.74) is 6.10. The molecule has 7 nitrogen and oxygen atoms in total. The quantitative estimate of drug-likeness (QED) is 0.277. The molecule has 5 rings (SSSR count). The van der Waals surface area contributed by atoms with Crippen molar-refractivity contribution in [1.29, 1.82) is 0 Å². The molecule has 3 atom stereocenters. The van der Waals surface area contributed by atoms with Crippen molar-refractivity contribution >= 4 is 17.6 Å². The van der Waals surface area contributed by atoms with Crippen LogP contribution in [0.1, 0.15) is 73.4 Å². The molecule has 0 radical (unpaired) electrons. The van der Waals surface area contributed by atoms with Crippen LogP contribution in [-0.4, -0.2) is 48.2 Å². The average Bonchev–Trinajstić information content (AvgIpc) is 3.39. The highest BCUT2D eigenvalue weighted by Gasteiger charge is 2.48. The number of fused-ring (bicyclic) bond motifs is 1. The molecule has 2 aliphatic heterocycles. The molecule has 3 aromatic carbocycles. The number of carboxylic acid groups (broad SMARTS) is 1. The Kier molecular flexibility index (Phi) is 9.48. The van der Waals surface area contributed by atoms with Crippen LogP contribution in [0.15, 0.2) is 60.7 Å². The van der Waals surface area contributed by atoms with Gasteiger partial charge >= 0.3 is 5.97 Å². The number of amides is 1. The first-order chi connectivity index (χ1) is 20.4. The van der Waals surface area contributed by atoms with Crippen molar-refractivity contribution < 1.29 is 24.2 Å². The summed E-state index contributed by atoms with van der Waals surface area (Å²) < 4.78 is 11.5. The lowest BCUT2D eigenvalue weighted by atomic mass is 9.82. The van der Waals surface area contributed by atoms with Gasteiger partial charge in [0, 0.05) is 24.2 Å². The number of unbranched alkanes of at least 4 members (excludes halogenated alkanes) is 1. The monoisotopic (exact) mass is 570 g/mol. The van der Waals surface area contributed by atoms with Gasteiger partial charge in [0.05, 0.1) is 12.5 Å². The lowest BCUT2D eigenvalue weighted by molar-refractivity contribution is -0.143. The first-order valence-electron chi connectivity index (χ1n) is 15.3. The van der Waals surface area contributed by atoms with Crippen LogP contribution >= 0.6 is 0 Å². The Morgan fingerprint density at radius 1 is 0.905 bits per heavy atom. The van der Waals surface area contributed by atoms with E-state index in [0.29, 0.717) is 31.3 Å². The molecular weight excluding hydrogens is 528 g/mol. The molecule has 0 saturated carbocycles. The number of benzene rings is 3. The zero-order valence-corrected chi connectivity index (χ0v) is 24.9. The molecule has 0 spiro atoms. The highest BCUT2D eigenvalue weighted by atomic mass is 16.6. The lowest BCUT2D eigenvalue weighted by Crippen LogP contribution is -2.35. The third-order valence-electron chi connectivity index (χ3n) is 8.63. The van der Waals surface area contributed by atoms with Gasteiger partial charge in [-0.25, -0.2) is 0 Å². The molecule has 3 aromatic rings. The number of para-hydroxylation sites is 1. The minimum atomic E-state index is -0.873. The normalized spacial score (nSPS) is 19.9. The number of carbonyl (C=O) groups is 2. The maximum absolute atomic E-state index is 13.6. The first kappa shape index (κ1) is 29.6. The summed E-state index contributed by atoms with van der Waals surface area (Å²) >= 11 is 0. The Hall–Kier alpha value is -3.84. The number of nitrogens with one attached hydrogen (secondary N) is 1. The summed E-state index contributed by atoms with van der Waals surface area (Å²) in [6.45, 7) is 7.82. The number of carbonyl (C=O) groups excluding carboxylic acids is 1. The standard InChI is InChI=1S/C35H42N2O5/c1-4-7-9-23-12-14-26(15-13-23)34-32(35(39)40)28(27-16-17-29-30(20-27)42-19-18-41-29)21-37(34)22-31(38)36-33-24(5-2)10-8-11-25(33)6-3/h8,10-17,20,28,32,34H,4-7,9,18-19,21-22H2,1-3H3,(H,36,38)(H,39,40)/t28-,32?,34+/m1/s1. The van der Waals surface area contributed by atoms with Crippen LogP contribution in [0.5, 0.6) is 11.5 Å². The smallest absolute Gasteiger partial charge is 0.309 e. The third-order valence-corrected chi connectivity index (χ3v) is 8.63. The highest BCUT2D eigenvalue weighted by Crippen LogP contribution is 2.47. The molecule has 1 amide bonds. The second-order valence-electron chi connectivity index (χ2n) is 11.3. The maximum atomic E-state index is 13.6. The molecule has 2 aliphatic rings. The fraction of sp³-hybridized carbons (Fsp3) is 0.429. The van der Waals surface area contributed by atoms with E-state index < -0.39 is 17.9 Å². The number of likely N-dealkylation sites (tertiary alicyclic amines) is 1. The van der Waals surface area contributed by atoms with Crippen molar-refractivity contribution in [1.82, 2.24) is 4.90 Å². The van der Waals surface area contributed by atoms with Gasteiger partial charge in [0.1, 0.15) is 13.2 Å². The summed E-state index contributed by atoms with van der Waals surface area (Å²) in [5.74, 6) is -0.767. The number of nitrogens with zero attached hydrogens (tertiary/aromatic N) is 1. The van der Waals surface area contributed by atoms with Crippen molar-refractivity contribution in [2.45, 2.75) is 64.8 Å². The van der Waals surface area contributed by atoms with E-state index in [1.807, 2.05) is 53.4 Å². The fourth-order valence-electron chi connectivity index (χ4n) is 6.45. The number of aryl methyl sites for hydroxylation is 3. The summed E-state index contributed by atoms with van der Waals surface area (Å²) in [6, 6.07) is 19.7. The van der Waals surface area contributed by atoms with Gasteiger partial charge in [0.15, 0.2) is 11.5 Å². The Morgan fingerprint density at radius 3 is 2.21 bits per heavy atom. The number of aliphatic carboxylic acids is 1. The van der Waals surface area contributed by atoms with Gasteiger partial charge in [-0.05, 0) is 65.6 Å². The molecule has 0 bridgehead atoms. The molecular formula is C35H42N2O5. The van der Waals surface area contributed by atoms with Gasteiger partial charge < -0.3 is 19.9 Å². The second kappa shape index (κ2) is 13.4. The van der Waals surface area contributed by atoms with Crippen molar-refractivity contribution in [2.75, 3.05) is 31.6 Å². The van der Waals surface area contributed by atoms with E-state index in [1.54, 1.807) is 0 Å². The highest BCUT2D eigenvalue weighted by molar-refractivity contribution is 5.94. The Bertz CT molecular complexity index is 1380. The fourth-order valence-corrected chi connectivity index (χ4v) is 6.45. The van der Waals surface area contributed by atoms with E-state index in [-0.39, 0.29) is 18.4 Å². The van der Waals surface area contributed by atoms with Gasteiger partial charge in [-0.1, -0.05) is 75.7 Å². The van der Waals surface area contributed by atoms with Crippen molar-refractivity contribution in [3.05, 3.63) is 88.5 Å². The van der Waals surface area contributed by atoms with E-state index in [1.165, 1.54) is 5.56 Å². The lowest BCUT2D eigenvalue weighted by Gasteiger charge is -2.27. The van der Waals surface area contributed by atoms with Crippen LogP contribution in [0.3, 0.4) is 0 Å². The van der Waals surface area contributed by atoms with E-state index in [2.05, 4.69) is 38.2 Å². The molecule has 2 heterocycles. The van der Waals surface area contributed by atoms with Gasteiger partial charge in [-0.3, -0.25) is 14.5 Å². The van der Waals surface area contributed by atoms with E-state index in [0.717, 1.165) is 60.0 Å². The van der Waals surface area contributed by atoms with Crippen molar-refractivity contribution in [3.63, 3.8) is 0 Å². The number of ether oxygens (including phenoxy) is 2. The number of anilines is 1. The number of carboxylic acids is 1. The first-order valence-corrected chi connectivity index (χ1v) is 15.3. The maximum Gasteiger partial charge on any atom is 0.309 e. The Labute approximate surface area is 248 Å². The summed E-state index contributed by atoms with van der Waals surface area (Å²) in [7, 11) is 0. The third kappa shape index (κ3) is 6.31. The molecule has 1 unspecified atom stereocenters. The van der Waals surface area contributed by atoms with Crippen LogP contribution in [0.25, 0.3) is 0 Å². The van der Waals surface area contributed by atoms with Crippen molar-refractivity contribution in [3.8, 4) is 11.5 Å². The van der Waals surface area contributed by atoms with E-state index in [4.69, 9.17) is 9.47 Å². The molecule has 1 fully saturated rings. The predicted molar refractivity (Wildman–Crippen MR) is 164 cm³/mol. The van der Waals surface area contributed by atoms with E-state index >= 15 is 0 Å². The number of hydrogen-bond donors (Lipinski definition) is 2. The minimum Gasteiger partial charge on any atom is -0.486 e. The predicted octanol–water partition coefficient (Wildman–Crippen LogP) is 6.41. The van der Waals surface area contributed by atoms with Crippen LogP contribution in [0.4, 0.5) is 5.69 Å². The molecule has 7 heteroatoms. The van der Waals surface area contributed by atoms with Gasteiger partial charge in [0.2, 0.25) is 5.91 Å². The van der Waals surface area contributed by atoms with Crippen LogP contribution in [0, 0.1) is 5.92 Å². The molecule has 222 valence electrons. The largest absolute Gasteiger partial charge is 0.486 e. The number of rotatable bonds is 11. The molecule has 42 heavy (non-hydrogen) atoms. The van der Waals surface area contributed by atoms with Gasteiger partial charge in [-0.15, -0.1) is 0 Å². The second-order valence-corrected chi connectivity index (χ2v) is 11.3. The zero-order valence-electron chi connectivity index (χ0n) is 24.9. The van der Waals surface area contributed by atoms with E-state index in [9.17, 15) is 14.7 Å². The van der Waals surface area contributed by atoms with Crippen molar-refractivity contribution in [2.24, 2.45) is 5.92 Å². The minimum absolute atomic E-state index is 0.0916.